The Bertz CT molecular complexity index is 754. The van der Waals surface area contributed by atoms with Gasteiger partial charge in [-0.25, -0.2) is 4.79 Å². The summed E-state index contributed by atoms with van der Waals surface area (Å²) in [5.74, 6) is 1.01. The van der Waals surface area contributed by atoms with Crippen LogP contribution in [-0.2, 0) is 16.0 Å². The highest BCUT2D eigenvalue weighted by molar-refractivity contribution is 5.79. The minimum atomic E-state index is -0.172. The number of hydrogen-bond acceptors (Lipinski definition) is 4. The molecule has 1 spiro atoms. The summed E-state index contributed by atoms with van der Waals surface area (Å²) in [6.45, 7) is 3.52. The number of amides is 3. The molecule has 1 aromatic carbocycles. The van der Waals surface area contributed by atoms with Crippen molar-refractivity contribution in [3.8, 4) is 5.75 Å². The quantitative estimate of drug-likeness (QED) is 0.759. The molecule has 3 saturated heterocycles. The average molecular weight is 402 g/mol. The number of likely N-dealkylation sites (N-methyl/N-ethyl adjacent to an activating group) is 1. The lowest BCUT2D eigenvalue weighted by Gasteiger charge is -2.42. The smallest absolute Gasteiger partial charge is 0.320 e. The standard InChI is InChI=1S/C22H31N3O4/c1-23-15-22(10-13-29-16-22)25(21(23)27)18-8-11-24(12-9-18)20(26)7-6-17-4-3-5-19(14-17)28-2/h3-5,14,18H,6-13,15-16H2,1-2H3. The van der Waals surface area contributed by atoms with Crippen molar-refractivity contribution in [2.45, 2.75) is 43.7 Å². The van der Waals surface area contributed by atoms with Crippen LogP contribution in [0.5, 0.6) is 5.75 Å². The van der Waals surface area contributed by atoms with Gasteiger partial charge < -0.3 is 24.2 Å². The summed E-state index contributed by atoms with van der Waals surface area (Å²) in [6, 6.07) is 8.18. The van der Waals surface area contributed by atoms with Gasteiger partial charge >= 0.3 is 6.03 Å². The van der Waals surface area contributed by atoms with E-state index in [0.717, 1.165) is 43.7 Å². The van der Waals surface area contributed by atoms with E-state index in [2.05, 4.69) is 4.90 Å². The third-order valence-corrected chi connectivity index (χ3v) is 6.60. The first kappa shape index (κ1) is 20.0. The minimum absolute atomic E-state index is 0.110. The van der Waals surface area contributed by atoms with E-state index >= 15 is 0 Å². The van der Waals surface area contributed by atoms with Crippen LogP contribution in [0, 0.1) is 0 Å². The summed E-state index contributed by atoms with van der Waals surface area (Å²) in [4.78, 5) is 31.4. The molecule has 158 valence electrons. The number of carbonyl (C=O) groups excluding carboxylic acids is 2. The van der Waals surface area contributed by atoms with Crippen LogP contribution in [0.1, 0.15) is 31.2 Å². The Hall–Kier alpha value is -2.28. The van der Waals surface area contributed by atoms with Crippen LogP contribution in [0.2, 0.25) is 0 Å². The molecule has 0 radical (unpaired) electrons. The first-order valence-electron chi connectivity index (χ1n) is 10.6. The fourth-order valence-electron chi connectivity index (χ4n) is 5.04. The molecule has 29 heavy (non-hydrogen) atoms. The van der Waals surface area contributed by atoms with Crippen LogP contribution >= 0.6 is 0 Å². The Morgan fingerprint density at radius 3 is 2.79 bits per heavy atom. The maximum absolute atomic E-state index is 12.8. The molecule has 0 aromatic heterocycles. The largest absolute Gasteiger partial charge is 0.497 e. The molecule has 0 aliphatic carbocycles. The van der Waals surface area contributed by atoms with Gasteiger partial charge in [-0.3, -0.25) is 4.79 Å². The molecule has 7 nitrogen and oxygen atoms in total. The summed E-state index contributed by atoms with van der Waals surface area (Å²) >= 11 is 0. The second kappa shape index (κ2) is 8.22. The first-order chi connectivity index (χ1) is 14.0. The Balaban J connectivity index is 1.32. The number of urea groups is 1. The summed E-state index contributed by atoms with van der Waals surface area (Å²) in [6.07, 6.45) is 3.80. The van der Waals surface area contributed by atoms with Gasteiger partial charge in [-0.2, -0.15) is 0 Å². The third-order valence-electron chi connectivity index (χ3n) is 6.60. The van der Waals surface area contributed by atoms with Gasteiger partial charge in [-0.05, 0) is 43.4 Å². The van der Waals surface area contributed by atoms with Crippen molar-refractivity contribution in [1.82, 2.24) is 14.7 Å². The molecule has 3 fully saturated rings. The van der Waals surface area contributed by atoms with Crippen molar-refractivity contribution in [3.63, 3.8) is 0 Å². The third kappa shape index (κ3) is 3.92. The maximum Gasteiger partial charge on any atom is 0.320 e. The zero-order chi connectivity index (χ0) is 20.4. The summed E-state index contributed by atoms with van der Waals surface area (Å²) in [5, 5.41) is 0. The Morgan fingerprint density at radius 2 is 2.10 bits per heavy atom. The summed E-state index contributed by atoms with van der Waals surface area (Å²) < 4.78 is 10.9. The fourth-order valence-corrected chi connectivity index (χ4v) is 5.04. The molecule has 3 aliphatic rings. The van der Waals surface area contributed by atoms with Gasteiger partial charge in [0.05, 0.1) is 19.3 Å². The second-order valence-corrected chi connectivity index (χ2v) is 8.50. The predicted octanol–water partition coefficient (Wildman–Crippen LogP) is 2.15. The van der Waals surface area contributed by atoms with Crippen molar-refractivity contribution in [2.24, 2.45) is 0 Å². The molecule has 3 amide bonds. The summed E-state index contributed by atoms with van der Waals surface area (Å²) in [5.41, 5.74) is 0.941. The van der Waals surface area contributed by atoms with Gasteiger partial charge in [0.15, 0.2) is 0 Å². The van der Waals surface area contributed by atoms with Gasteiger partial charge in [-0.15, -0.1) is 0 Å². The van der Waals surface area contributed by atoms with Crippen molar-refractivity contribution in [2.75, 3.05) is 47.0 Å². The lowest BCUT2D eigenvalue weighted by atomic mass is 9.92. The number of likely N-dealkylation sites (tertiary alicyclic amines) is 1. The Morgan fingerprint density at radius 1 is 1.31 bits per heavy atom. The highest BCUT2D eigenvalue weighted by Gasteiger charge is 2.53. The number of aryl methyl sites for hydroxylation is 1. The van der Waals surface area contributed by atoms with E-state index in [1.807, 2.05) is 41.1 Å². The van der Waals surface area contributed by atoms with E-state index in [4.69, 9.17) is 9.47 Å². The van der Waals surface area contributed by atoms with Crippen molar-refractivity contribution < 1.29 is 19.1 Å². The van der Waals surface area contributed by atoms with E-state index in [0.29, 0.717) is 32.5 Å². The Kier molecular flexibility index (Phi) is 5.67. The van der Waals surface area contributed by atoms with Gasteiger partial charge in [0.2, 0.25) is 5.91 Å². The van der Waals surface area contributed by atoms with Crippen LogP contribution in [0.25, 0.3) is 0 Å². The van der Waals surface area contributed by atoms with Crippen LogP contribution in [0.15, 0.2) is 24.3 Å². The van der Waals surface area contributed by atoms with Crippen LogP contribution in [0.4, 0.5) is 4.79 Å². The number of hydrogen-bond donors (Lipinski definition) is 0. The van der Waals surface area contributed by atoms with E-state index in [-0.39, 0.29) is 23.5 Å². The van der Waals surface area contributed by atoms with E-state index in [1.54, 1.807) is 7.11 Å². The normalized spacial score (nSPS) is 25.3. The predicted molar refractivity (Wildman–Crippen MR) is 109 cm³/mol. The first-order valence-corrected chi connectivity index (χ1v) is 10.6. The van der Waals surface area contributed by atoms with Crippen molar-refractivity contribution in [3.05, 3.63) is 29.8 Å². The van der Waals surface area contributed by atoms with Crippen LogP contribution in [0.3, 0.4) is 0 Å². The summed E-state index contributed by atoms with van der Waals surface area (Å²) in [7, 11) is 3.53. The topological polar surface area (TPSA) is 62.3 Å². The van der Waals surface area contributed by atoms with Crippen LogP contribution < -0.4 is 4.74 Å². The van der Waals surface area contributed by atoms with E-state index in [1.165, 1.54) is 0 Å². The number of nitrogens with zero attached hydrogens (tertiary/aromatic N) is 3. The molecule has 0 N–H and O–H groups in total. The second-order valence-electron chi connectivity index (χ2n) is 8.50. The molecule has 1 atom stereocenters. The number of methoxy groups -OCH3 is 1. The Labute approximate surface area is 172 Å². The van der Waals surface area contributed by atoms with Crippen molar-refractivity contribution in [1.29, 1.82) is 0 Å². The highest BCUT2D eigenvalue weighted by Crippen LogP contribution is 2.37. The number of carbonyl (C=O) groups is 2. The van der Waals surface area contributed by atoms with E-state index in [9.17, 15) is 9.59 Å². The molecule has 3 heterocycles. The van der Waals surface area contributed by atoms with Crippen LogP contribution in [-0.4, -0.2) is 85.2 Å². The van der Waals surface area contributed by atoms with Gasteiger partial charge in [0.1, 0.15) is 5.75 Å². The highest BCUT2D eigenvalue weighted by atomic mass is 16.5. The molecule has 1 aromatic rings. The number of piperidine rings is 1. The zero-order valence-corrected chi connectivity index (χ0v) is 17.4. The van der Waals surface area contributed by atoms with Gasteiger partial charge in [0, 0.05) is 45.8 Å². The molecule has 3 aliphatic heterocycles. The SMILES string of the molecule is COc1cccc(CCC(=O)N2CCC(N3C(=O)N(C)CC34CCOC4)CC2)c1. The molecule has 7 heteroatoms. The monoisotopic (exact) mass is 401 g/mol. The lowest BCUT2D eigenvalue weighted by Crippen LogP contribution is -2.56. The average Bonchev–Trinajstić information content (AvgIpc) is 3.30. The minimum Gasteiger partial charge on any atom is -0.497 e. The molecular weight excluding hydrogens is 370 g/mol. The van der Waals surface area contributed by atoms with Gasteiger partial charge in [0.25, 0.3) is 0 Å². The number of ether oxygens (including phenoxy) is 2. The zero-order valence-electron chi connectivity index (χ0n) is 17.4. The lowest BCUT2D eigenvalue weighted by molar-refractivity contribution is -0.132. The molecular formula is C22H31N3O4. The maximum atomic E-state index is 12.8. The van der Waals surface area contributed by atoms with Crippen molar-refractivity contribution >= 4 is 11.9 Å². The molecule has 1 unspecified atom stereocenters. The molecule has 0 bridgehead atoms. The number of benzene rings is 1. The molecule has 4 rings (SSSR count). The van der Waals surface area contributed by atoms with Gasteiger partial charge in [-0.1, -0.05) is 12.1 Å². The van der Waals surface area contributed by atoms with E-state index < -0.39 is 0 Å². The fraction of sp³-hybridized carbons (Fsp3) is 0.636. The molecule has 0 saturated carbocycles. The number of rotatable bonds is 5.